The molecule has 0 saturated heterocycles. The zero-order valence-corrected chi connectivity index (χ0v) is 7.33. The van der Waals surface area contributed by atoms with Crippen LogP contribution in [0.2, 0.25) is 0 Å². The van der Waals surface area contributed by atoms with Gasteiger partial charge < -0.3 is 4.57 Å². The van der Waals surface area contributed by atoms with Crippen molar-refractivity contribution in [3.05, 3.63) is 33.2 Å². The van der Waals surface area contributed by atoms with E-state index in [4.69, 9.17) is 10.5 Å². The van der Waals surface area contributed by atoms with Gasteiger partial charge in [0.05, 0.1) is 5.56 Å². The maximum atomic E-state index is 11.3. The van der Waals surface area contributed by atoms with E-state index in [0.29, 0.717) is 11.3 Å². The minimum absolute atomic E-state index is 0.00431. The van der Waals surface area contributed by atoms with Crippen LogP contribution in [0.15, 0.2) is 10.9 Å². The Morgan fingerprint density at radius 3 is 2.31 bits per heavy atom. The third kappa shape index (κ3) is 1.30. The van der Waals surface area contributed by atoms with Gasteiger partial charge in [-0.25, -0.2) is 0 Å². The minimum Gasteiger partial charge on any atom is -0.314 e. The normalized spacial score (nSPS) is 8.92. The average molecular weight is 173 g/mol. The Balaban J connectivity index is 3.70. The van der Waals surface area contributed by atoms with Gasteiger partial charge in [-0.2, -0.15) is 10.5 Å². The van der Waals surface area contributed by atoms with Crippen LogP contribution >= 0.6 is 0 Å². The summed E-state index contributed by atoms with van der Waals surface area (Å²) in [7, 11) is 1.54. The predicted molar refractivity (Wildman–Crippen MR) is 45.9 cm³/mol. The van der Waals surface area contributed by atoms with Crippen LogP contribution in [0.3, 0.4) is 0 Å². The van der Waals surface area contributed by atoms with Crippen molar-refractivity contribution in [2.24, 2.45) is 7.05 Å². The third-order valence-electron chi connectivity index (χ3n) is 1.96. The number of pyridine rings is 1. The van der Waals surface area contributed by atoms with E-state index in [1.54, 1.807) is 20.0 Å². The van der Waals surface area contributed by atoms with Crippen molar-refractivity contribution in [3.8, 4) is 12.1 Å². The molecule has 0 atom stereocenters. The van der Waals surface area contributed by atoms with Crippen molar-refractivity contribution < 1.29 is 0 Å². The van der Waals surface area contributed by atoms with Crippen LogP contribution < -0.4 is 5.56 Å². The first-order valence-corrected chi connectivity index (χ1v) is 3.62. The van der Waals surface area contributed by atoms with Gasteiger partial charge in [-0.15, -0.1) is 0 Å². The highest BCUT2D eigenvalue weighted by molar-refractivity contribution is 5.40. The van der Waals surface area contributed by atoms with Crippen LogP contribution in [0, 0.1) is 29.6 Å². The lowest BCUT2D eigenvalue weighted by Crippen LogP contribution is -2.22. The smallest absolute Gasteiger partial charge is 0.268 e. The topological polar surface area (TPSA) is 69.6 Å². The van der Waals surface area contributed by atoms with Crippen LogP contribution in [0.1, 0.15) is 16.8 Å². The molecule has 4 nitrogen and oxygen atoms in total. The van der Waals surface area contributed by atoms with Crippen LogP contribution in [-0.4, -0.2) is 4.57 Å². The van der Waals surface area contributed by atoms with E-state index < -0.39 is 0 Å². The summed E-state index contributed by atoms with van der Waals surface area (Å²) >= 11 is 0. The van der Waals surface area contributed by atoms with E-state index in [2.05, 4.69) is 0 Å². The lowest BCUT2D eigenvalue weighted by atomic mass is 10.1. The number of hydrogen-bond acceptors (Lipinski definition) is 3. The Morgan fingerprint density at radius 1 is 1.31 bits per heavy atom. The van der Waals surface area contributed by atoms with E-state index in [0.717, 1.165) is 0 Å². The molecule has 0 amide bonds. The summed E-state index contributed by atoms with van der Waals surface area (Å²) in [6.07, 6.45) is 0. The molecule has 0 aliphatic rings. The molecular weight excluding hydrogens is 166 g/mol. The molecule has 0 radical (unpaired) electrons. The molecule has 0 saturated carbocycles. The molecule has 0 spiro atoms. The summed E-state index contributed by atoms with van der Waals surface area (Å²) in [5.41, 5.74) is 0.578. The maximum Gasteiger partial charge on any atom is 0.268 e. The van der Waals surface area contributed by atoms with Crippen LogP contribution in [0.25, 0.3) is 0 Å². The van der Waals surface area contributed by atoms with E-state index in [1.165, 1.54) is 10.6 Å². The van der Waals surface area contributed by atoms with Crippen LogP contribution in [-0.2, 0) is 7.05 Å². The molecule has 0 N–H and O–H groups in total. The summed E-state index contributed by atoms with van der Waals surface area (Å²) in [5.74, 6) is 0. The second kappa shape index (κ2) is 3.12. The number of nitrogens with zero attached hydrogens (tertiary/aromatic N) is 3. The van der Waals surface area contributed by atoms with Gasteiger partial charge in [0.2, 0.25) is 0 Å². The van der Waals surface area contributed by atoms with Gasteiger partial charge in [-0.1, -0.05) is 0 Å². The standard InChI is InChI=1S/C9H7N3O/c1-6-7(4-10)3-8(5-11)9(13)12(6)2/h3H,1-2H3. The molecule has 0 aromatic carbocycles. The number of aromatic nitrogens is 1. The Labute approximate surface area is 75.3 Å². The quantitative estimate of drug-likeness (QED) is 0.571. The van der Waals surface area contributed by atoms with Gasteiger partial charge >= 0.3 is 0 Å². The van der Waals surface area contributed by atoms with Crippen LogP contribution in [0.5, 0.6) is 0 Å². The monoisotopic (exact) mass is 173 g/mol. The molecule has 0 fully saturated rings. The number of rotatable bonds is 0. The van der Waals surface area contributed by atoms with Crippen molar-refractivity contribution in [3.63, 3.8) is 0 Å². The summed E-state index contributed by atoms with van der Waals surface area (Å²) < 4.78 is 1.30. The fourth-order valence-corrected chi connectivity index (χ4v) is 1.02. The third-order valence-corrected chi connectivity index (χ3v) is 1.96. The highest BCUT2D eigenvalue weighted by Gasteiger charge is 2.07. The summed E-state index contributed by atoms with van der Waals surface area (Å²) in [6.45, 7) is 1.67. The fraction of sp³-hybridized carbons (Fsp3) is 0.222. The highest BCUT2D eigenvalue weighted by atomic mass is 16.1. The van der Waals surface area contributed by atoms with E-state index in [-0.39, 0.29) is 11.1 Å². The second-order valence-corrected chi connectivity index (χ2v) is 2.64. The van der Waals surface area contributed by atoms with Gasteiger partial charge in [0, 0.05) is 12.7 Å². The van der Waals surface area contributed by atoms with Crippen molar-refractivity contribution >= 4 is 0 Å². The second-order valence-electron chi connectivity index (χ2n) is 2.64. The SMILES string of the molecule is Cc1c(C#N)cc(C#N)c(=O)n1C. The molecule has 64 valence electrons. The Morgan fingerprint density at radius 2 is 1.85 bits per heavy atom. The van der Waals surface area contributed by atoms with Crippen molar-refractivity contribution in [2.45, 2.75) is 6.92 Å². The largest absolute Gasteiger partial charge is 0.314 e. The number of hydrogen-bond donors (Lipinski definition) is 0. The average Bonchev–Trinajstić information content (AvgIpc) is 2.15. The molecular formula is C9H7N3O. The molecule has 4 heteroatoms. The van der Waals surface area contributed by atoms with E-state index >= 15 is 0 Å². The molecule has 1 heterocycles. The molecule has 0 aliphatic carbocycles. The summed E-state index contributed by atoms with van der Waals surface area (Å²) in [5, 5.41) is 17.3. The molecule has 0 unspecified atom stereocenters. The van der Waals surface area contributed by atoms with Gasteiger partial charge in [0.15, 0.2) is 0 Å². The van der Waals surface area contributed by atoms with Gasteiger partial charge in [-0.3, -0.25) is 4.79 Å². The fourth-order valence-electron chi connectivity index (χ4n) is 1.02. The summed E-state index contributed by atoms with van der Waals surface area (Å²) in [6, 6.07) is 5.00. The highest BCUT2D eigenvalue weighted by Crippen LogP contribution is 2.04. The zero-order chi connectivity index (χ0) is 10.0. The lowest BCUT2D eigenvalue weighted by molar-refractivity contribution is 0.810. The van der Waals surface area contributed by atoms with Crippen molar-refractivity contribution in [1.82, 2.24) is 4.57 Å². The molecule has 13 heavy (non-hydrogen) atoms. The van der Waals surface area contributed by atoms with Gasteiger partial charge in [0.25, 0.3) is 5.56 Å². The Kier molecular flexibility index (Phi) is 2.17. The molecule has 0 bridgehead atoms. The van der Waals surface area contributed by atoms with Gasteiger partial charge in [0.1, 0.15) is 17.7 Å². The lowest BCUT2D eigenvalue weighted by Gasteiger charge is -2.04. The first kappa shape index (κ1) is 9.02. The molecule has 1 aromatic rings. The van der Waals surface area contributed by atoms with Crippen molar-refractivity contribution in [2.75, 3.05) is 0 Å². The first-order chi connectivity index (χ1) is 6.11. The Hall–Kier alpha value is -2.07. The number of nitriles is 2. The first-order valence-electron chi connectivity index (χ1n) is 3.62. The minimum atomic E-state index is -0.362. The van der Waals surface area contributed by atoms with E-state index in [9.17, 15) is 4.79 Å². The van der Waals surface area contributed by atoms with Crippen LogP contribution in [0.4, 0.5) is 0 Å². The summed E-state index contributed by atoms with van der Waals surface area (Å²) in [4.78, 5) is 11.3. The predicted octanol–water partition coefficient (Wildman–Crippen LogP) is 0.437. The van der Waals surface area contributed by atoms with E-state index in [1.807, 2.05) is 6.07 Å². The molecule has 1 rings (SSSR count). The maximum absolute atomic E-state index is 11.3. The van der Waals surface area contributed by atoms with Crippen molar-refractivity contribution in [1.29, 1.82) is 10.5 Å². The zero-order valence-electron chi connectivity index (χ0n) is 7.33. The molecule has 1 aromatic heterocycles. The Bertz CT molecular complexity index is 485. The van der Waals surface area contributed by atoms with Gasteiger partial charge in [-0.05, 0) is 13.0 Å². The molecule has 0 aliphatic heterocycles.